The Bertz CT molecular complexity index is 1510. The van der Waals surface area contributed by atoms with Crippen molar-refractivity contribution in [3.63, 3.8) is 0 Å². The molecule has 0 amide bonds. The van der Waals surface area contributed by atoms with Crippen molar-refractivity contribution in [1.29, 1.82) is 0 Å². The van der Waals surface area contributed by atoms with Crippen LogP contribution in [0.5, 0.6) is 0 Å². The Hall–Kier alpha value is -3.60. The molecule has 0 spiro atoms. The van der Waals surface area contributed by atoms with Crippen molar-refractivity contribution in [2.75, 3.05) is 20.2 Å². The molecular formula is C26H25ClFN5O4. The number of carbonyl (C=O) groups is 1. The number of hydrogen-bond acceptors (Lipinski definition) is 7. The summed E-state index contributed by atoms with van der Waals surface area (Å²) in [6, 6.07) is 10.8. The van der Waals surface area contributed by atoms with E-state index < -0.39 is 11.6 Å². The van der Waals surface area contributed by atoms with Crippen molar-refractivity contribution in [3.05, 3.63) is 87.3 Å². The molecule has 2 aromatic heterocycles. The fourth-order valence-corrected chi connectivity index (χ4v) is 4.84. The van der Waals surface area contributed by atoms with Gasteiger partial charge in [-0.3, -0.25) is 14.3 Å². The molecule has 1 N–H and O–H groups in total. The van der Waals surface area contributed by atoms with Gasteiger partial charge >= 0.3 is 5.97 Å². The van der Waals surface area contributed by atoms with Crippen LogP contribution >= 0.6 is 11.6 Å². The van der Waals surface area contributed by atoms with E-state index in [0.717, 1.165) is 5.56 Å². The third-order valence-electron chi connectivity index (χ3n) is 6.75. The molecule has 0 aliphatic carbocycles. The predicted molar refractivity (Wildman–Crippen MR) is 135 cm³/mol. The van der Waals surface area contributed by atoms with Gasteiger partial charge in [-0.15, -0.1) is 0 Å². The average molecular weight is 526 g/mol. The second kappa shape index (κ2) is 10.0. The lowest BCUT2D eigenvalue weighted by Gasteiger charge is -2.38. The maximum Gasteiger partial charge on any atom is 0.337 e. The van der Waals surface area contributed by atoms with Crippen LogP contribution in [-0.4, -0.2) is 61.1 Å². The summed E-state index contributed by atoms with van der Waals surface area (Å²) < 4.78 is 20.9. The Kier molecular flexibility index (Phi) is 6.80. The zero-order valence-electron chi connectivity index (χ0n) is 20.1. The summed E-state index contributed by atoms with van der Waals surface area (Å²) >= 11 is 6.37. The van der Waals surface area contributed by atoms with Crippen molar-refractivity contribution in [2.24, 2.45) is 0 Å². The van der Waals surface area contributed by atoms with E-state index in [1.807, 2.05) is 6.07 Å². The quantitative estimate of drug-likeness (QED) is 0.386. The lowest BCUT2D eigenvalue weighted by atomic mass is 9.91. The van der Waals surface area contributed by atoms with E-state index in [1.165, 1.54) is 41.0 Å². The summed E-state index contributed by atoms with van der Waals surface area (Å²) in [6.45, 7) is 1.91. The average Bonchev–Trinajstić information content (AvgIpc) is 3.33. The van der Waals surface area contributed by atoms with Crippen molar-refractivity contribution in [2.45, 2.75) is 31.5 Å². The smallest absolute Gasteiger partial charge is 0.337 e. The van der Waals surface area contributed by atoms with E-state index in [2.05, 4.69) is 15.0 Å². The van der Waals surface area contributed by atoms with Crippen LogP contribution < -0.4 is 5.56 Å². The van der Waals surface area contributed by atoms with Crippen LogP contribution in [0.2, 0.25) is 5.02 Å². The standard InChI is InChI=1S/C26H25ClFN5O4/c1-37-25(35)17-2-3-18(22(27)12-17)14-31-10-8-26(36,9-11-31)15-32-16-29-23-21(24(32)34)13-30-33(23)20-6-4-19(28)5-7-20/h2-7,12-13,16,36H,8-11,14-15H2,1H3. The number of carbonyl (C=O) groups excluding carboxylic acids is 1. The number of aliphatic hydroxyl groups is 1. The minimum absolute atomic E-state index is 0.110. The third-order valence-corrected chi connectivity index (χ3v) is 7.10. The molecule has 2 aromatic carbocycles. The Morgan fingerprint density at radius 1 is 1.19 bits per heavy atom. The molecule has 0 saturated carbocycles. The summed E-state index contributed by atoms with van der Waals surface area (Å²) in [5, 5.41) is 16.3. The van der Waals surface area contributed by atoms with Gasteiger partial charge in [0.25, 0.3) is 5.56 Å². The minimum Gasteiger partial charge on any atom is -0.465 e. The number of ether oxygens (including phenoxy) is 1. The Morgan fingerprint density at radius 3 is 2.59 bits per heavy atom. The fourth-order valence-electron chi connectivity index (χ4n) is 4.60. The number of likely N-dealkylation sites (tertiary alicyclic amines) is 1. The van der Waals surface area contributed by atoms with Crippen molar-refractivity contribution < 1.29 is 19.0 Å². The molecule has 1 fully saturated rings. The first kappa shape index (κ1) is 25.1. The number of nitrogens with zero attached hydrogens (tertiary/aromatic N) is 5. The molecule has 4 aromatic rings. The molecule has 11 heteroatoms. The zero-order chi connectivity index (χ0) is 26.2. The van der Waals surface area contributed by atoms with Crippen LogP contribution in [0.4, 0.5) is 4.39 Å². The van der Waals surface area contributed by atoms with Gasteiger partial charge in [0.05, 0.1) is 36.7 Å². The minimum atomic E-state index is -1.07. The van der Waals surface area contributed by atoms with E-state index in [4.69, 9.17) is 16.3 Å². The second-order valence-electron chi connectivity index (χ2n) is 9.25. The first-order valence-electron chi connectivity index (χ1n) is 11.8. The molecule has 0 unspecified atom stereocenters. The van der Waals surface area contributed by atoms with Gasteiger partial charge in [0.2, 0.25) is 0 Å². The van der Waals surface area contributed by atoms with Crippen LogP contribution in [0.1, 0.15) is 28.8 Å². The first-order chi connectivity index (χ1) is 17.8. The summed E-state index contributed by atoms with van der Waals surface area (Å²) in [5.41, 5.74) is 0.858. The van der Waals surface area contributed by atoms with Crippen LogP contribution in [0.3, 0.4) is 0 Å². The first-order valence-corrected chi connectivity index (χ1v) is 12.1. The van der Waals surface area contributed by atoms with E-state index >= 15 is 0 Å². The Morgan fingerprint density at radius 2 is 1.92 bits per heavy atom. The van der Waals surface area contributed by atoms with Crippen molar-refractivity contribution >= 4 is 28.6 Å². The van der Waals surface area contributed by atoms with Crippen LogP contribution in [0.25, 0.3) is 16.7 Å². The maximum absolute atomic E-state index is 13.3. The number of piperidine rings is 1. The SMILES string of the molecule is COC(=O)c1ccc(CN2CCC(O)(Cn3cnc4c(cnn4-c4ccc(F)cc4)c3=O)CC2)c(Cl)c1. The lowest BCUT2D eigenvalue weighted by molar-refractivity contribution is -0.0364. The third kappa shape index (κ3) is 5.13. The van der Waals surface area contributed by atoms with Gasteiger partial charge in [0, 0.05) is 24.7 Å². The maximum atomic E-state index is 13.3. The molecule has 3 heterocycles. The number of benzene rings is 2. The molecule has 0 atom stereocenters. The van der Waals surface area contributed by atoms with Crippen LogP contribution in [-0.2, 0) is 17.8 Å². The summed E-state index contributed by atoms with van der Waals surface area (Å²) in [6.07, 6.45) is 3.78. The van der Waals surface area contributed by atoms with E-state index in [-0.39, 0.29) is 17.9 Å². The Balaban J connectivity index is 1.26. The molecule has 1 saturated heterocycles. The van der Waals surface area contributed by atoms with Crippen molar-refractivity contribution in [3.8, 4) is 5.69 Å². The largest absolute Gasteiger partial charge is 0.465 e. The van der Waals surface area contributed by atoms with E-state index in [1.54, 1.807) is 24.3 Å². The van der Waals surface area contributed by atoms with Crippen LogP contribution in [0, 0.1) is 5.82 Å². The summed E-state index contributed by atoms with van der Waals surface area (Å²) in [7, 11) is 1.32. The number of methoxy groups -OCH3 is 1. The Labute approximate surface area is 216 Å². The van der Waals surface area contributed by atoms with Gasteiger partial charge < -0.3 is 9.84 Å². The van der Waals surface area contributed by atoms with Gasteiger partial charge in [0.1, 0.15) is 17.5 Å². The summed E-state index contributed by atoms with van der Waals surface area (Å²) in [5.74, 6) is -0.809. The fraction of sp³-hybridized carbons (Fsp3) is 0.308. The number of esters is 1. The van der Waals surface area contributed by atoms with Gasteiger partial charge in [0.15, 0.2) is 5.65 Å². The van der Waals surface area contributed by atoms with Gasteiger partial charge in [-0.1, -0.05) is 17.7 Å². The molecule has 0 radical (unpaired) electrons. The van der Waals surface area contributed by atoms with Gasteiger partial charge in [-0.05, 0) is 54.8 Å². The predicted octanol–water partition coefficient (Wildman–Crippen LogP) is 3.19. The zero-order valence-corrected chi connectivity index (χ0v) is 20.9. The molecule has 37 heavy (non-hydrogen) atoms. The summed E-state index contributed by atoms with van der Waals surface area (Å²) in [4.78, 5) is 31.4. The number of fused-ring (bicyclic) bond motifs is 1. The van der Waals surface area contributed by atoms with Gasteiger partial charge in [-0.25, -0.2) is 18.9 Å². The molecule has 0 bridgehead atoms. The molecular weight excluding hydrogens is 501 g/mol. The number of aromatic nitrogens is 4. The molecule has 1 aliphatic rings. The number of halogens is 2. The monoisotopic (exact) mass is 525 g/mol. The highest BCUT2D eigenvalue weighted by Gasteiger charge is 2.33. The highest BCUT2D eigenvalue weighted by molar-refractivity contribution is 6.31. The lowest BCUT2D eigenvalue weighted by Crippen LogP contribution is -2.47. The van der Waals surface area contributed by atoms with Gasteiger partial charge in [-0.2, -0.15) is 5.10 Å². The highest BCUT2D eigenvalue weighted by atomic mass is 35.5. The molecule has 5 rings (SSSR count). The van der Waals surface area contributed by atoms with E-state index in [0.29, 0.717) is 59.8 Å². The molecule has 9 nitrogen and oxygen atoms in total. The highest BCUT2D eigenvalue weighted by Crippen LogP contribution is 2.27. The molecule has 192 valence electrons. The normalized spacial score (nSPS) is 15.7. The van der Waals surface area contributed by atoms with Crippen molar-refractivity contribution in [1.82, 2.24) is 24.2 Å². The second-order valence-corrected chi connectivity index (χ2v) is 9.65. The van der Waals surface area contributed by atoms with Crippen LogP contribution in [0.15, 0.2) is 59.8 Å². The molecule has 1 aliphatic heterocycles. The van der Waals surface area contributed by atoms with E-state index in [9.17, 15) is 19.1 Å². The number of rotatable bonds is 6. The number of hydrogen-bond donors (Lipinski definition) is 1. The topological polar surface area (TPSA) is 102 Å².